The van der Waals surface area contributed by atoms with E-state index in [9.17, 15) is 4.79 Å². The molecule has 0 aliphatic rings. The molecule has 7 nitrogen and oxygen atoms in total. The second kappa shape index (κ2) is 6.36. The Balaban J connectivity index is 1.62. The molecule has 0 aliphatic carbocycles. The average Bonchev–Trinajstić information content (AvgIpc) is 3.07. The van der Waals surface area contributed by atoms with Crippen LogP contribution in [0.5, 0.6) is 0 Å². The molecular formula is C19H16N6O. The molecular weight excluding hydrogens is 328 g/mol. The molecule has 128 valence electrons. The highest BCUT2D eigenvalue weighted by Crippen LogP contribution is 2.23. The van der Waals surface area contributed by atoms with Crippen molar-refractivity contribution in [3.05, 3.63) is 72.1 Å². The Kier molecular flexibility index (Phi) is 3.89. The molecule has 3 aromatic heterocycles. The molecule has 26 heavy (non-hydrogen) atoms. The number of aromatic nitrogens is 5. The lowest BCUT2D eigenvalue weighted by molar-refractivity contribution is 0.102. The van der Waals surface area contributed by atoms with E-state index in [0.717, 1.165) is 22.4 Å². The van der Waals surface area contributed by atoms with Gasteiger partial charge in [0.05, 0.1) is 11.2 Å². The molecule has 0 bridgehead atoms. The summed E-state index contributed by atoms with van der Waals surface area (Å²) in [6.07, 6.45) is 3.49. The highest BCUT2D eigenvalue weighted by molar-refractivity contribution is 6.07. The molecule has 3 heterocycles. The number of carbonyl (C=O) groups excluding carboxylic acids is 1. The lowest BCUT2D eigenvalue weighted by atomic mass is 10.1. The molecule has 1 amide bonds. The topological polar surface area (TPSA) is 85.6 Å². The summed E-state index contributed by atoms with van der Waals surface area (Å²) < 4.78 is 1.80. The Hall–Kier alpha value is -3.61. The lowest BCUT2D eigenvalue weighted by Gasteiger charge is -2.09. The van der Waals surface area contributed by atoms with Gasteiger partial charge < -0.3 is 5.32 Å². The van der Waals surface area contributed by atoms with Gasteiger partial charge in [-0.25, -0.2) is 4.98 Å². The van der Waals surface area contributed by atoms with Crippen LogP contribution in [-0.2, 0) is 0 Å². The largest absolute Gasteiger partial charge is 0.320 e. The zero-order valence-corrected chi connectivity index (χ0v) is 14.3. The Morgan fingerprint density at radius 2 is 1.92 bits per heavy atom. The van der Waals surface area contributed by atoms with Crippen LogP contribution >= 0.6 is 0 Å². The van der Waals surface area contributed by atoms with Crippen molar-refractivity contribution in [2.75, 3.05) is 5.32 Å². The van der Waals surface area contributed by atoms with Crippen LogP contribution in [0.25, 0.3) is 16.7 Å². The summed E-state index contributed by atoms with van der Waals surface area (Å²) in [6.45, 7) is 3.77. The van der Waals surface area contributed by atoms with Gasteiger partial charge in [0.25, 0.3) is 5.91 Å². The highest BCUT2D eigenvalue weighted by atomic mass is 16.1. The van der Waals surface area contributed by atoms with Crippen LogP contribution in [0.15, 0.2) is 54.9 Å². The maximum atomic E-state index is 12.6. The zero-order valence-electron chi connectivity index (χ0n) is 14.3. The van der Waals surface area contributed by atoms with Crippen molar-refractivity contribution < 1.29 is 4.79 Å². The summed E-state index contributed by atoms with van der Waals surface area (Å²) in [5, 5.41) is 12.0. The van der Waals surface area contributed by atoms with Gasteiger partial charge in [0.2, 0.25) is 0 Å². The Bertz CT molecular complexity index is 1100. The average molecular weight is 344 g/mol. The highest BCUT2D eigenvalue weighted by Gasteiger charge is 2.12. The Morgan fingerprint density at radius 3 is 2.65 bits per heavy atom. The number of amides is 1. The second-order valence-electron chi connectivity index (χ2n) is 5.90. The van der Waals surface area contributed by atoms with Gasteiger partial charge in [-0.05, 0) is 38.1 Å². The van der Waals surface area contributed by atoms with Crippen LogP contribution < -0.4 is 5.32 Å². The van der Waals surface area contributed by atoms with Crippen molar-refractivity contribution in [2.24, 2.45) is 0 Å². The minimum Gasteiger partial charge on any atom is -0.320 e. The van der Waals surface area contributed by atoms with E-state index < -0.39 is 0 Å². The fourth-order valence-electron chi connectivity index (χ4n) is 2.79. The van der Waals surface area contributed by atoms with Gasteiger partial charge in [-0.3, -0.25) is 14.3 Å². The fourth-order valence-corrected chi connectivity index (χ4v) is 2.79. The first-order valence-corrected chi connectivity index (χ1v) is 8.13. The quantitative estimate of drug-likeness (QED) is 0.617. The third kappa shape index (κ3) is 2.90. The van der Waals surface area contributed by atoms with E-state index in [2.05, 4.69) is 25.5 Å². The first kappa shape index (κ1) is 15.9. The summed E-state index contributed by atoms with van der Waals surface area (Å²) in [5.41, 5.74) is 2.61. The van der Waals surface area contributed by atoms with Crippen LogP contribution in [0.4, 0.5) is 5.69 Å². The number of benzene rings is 1. The van der Waals surface area contributed by atoms with E-state index in [1.54, 1.807) is 29.1 Å². The predicted molar refractivity (Wildman–Crippen MR) is 98.3 cm³/mol. The molecule has 4 aromatic rings. The molecule has 0 aliphatic heterocycles. The van der Waals surface area contributed by atoms with E-state index in [-0.39, 0.29) is 11.6 Å². The molecule has 0 saturated heterocycles. The number of carbonyl (C=O) groups is 1. The Morgan fingerprint density at radius 1 is 1.08 bits per heavy atom. The number of pyridine rings is 1. The number of fused-ring (bicyclic) bond motifs is 1. The third-order valence-corrected chi connectivity index (χ3v) is 4.05. The third-order valence-electron chi connectivity index (χ3n) is 4.05. The lowest BCUT2D eigenvalue weighted by Crippen LogP contribution is -2.15. The number of hydrogen-bond donors (Lipinski definition) is 1. The van der Waals surface area contributed by atoms with E-state index in [1.165, 1.54) is 0 Å². The predicted octanol–water partition coefficient (Wildman–Crippen LogP) is 3.08. The van der Waals surface area contributed by atoms with Crippen LogP contribution in [-0.4, -0.2) is 30.6 Å². The molecule has 0 unspecified atom stereocenters. The van der Waals surface area contributed by atoms with E-state index >= 15 is 0 Å². The van der Waals surface area contributed by atoms with Gasteiger partial charge in [-0.2, -0.15) is 0 Å². The summed E-state index contributed by atoms with van der Waals surface area (Å²) in [5.74, 6) is 1.10. The minimum absolute atomic E-state index is 0.241. The Labute approximate surface area is 149 Å². The fraction of sp³-hybridized carbons (Fsp3) is 0.105. The van der Waals surface area contributed by atoms with Gasteiger partial charge in [0, 0.05) is 23.5 Å². The minimum atomic E-state index is -0.317. The number of anilines is 1. The zero-order chi connectivity index (χ0) is 18.1. The van der Waals surface area contributed by atoms with Crippen molar-refractivity contribution in [3.8, 4) is 5.82 Å². The summed E-state index contributed by atoms with van der Waals surface area (Å²) in [7, 11) is 0. The molecule has 0 fully saturated rings. The normalized spacial score (nSPS) is 10.8. The maximum absolute atomic E-state index is 12.6. The van der Waals surface area contributed by atoms with Crippen LogP contribution in [0.1, 0.15) is 22.0 Å². The summed E-state index contributed by atoms with van der Waals surface area (Å²) in [6, 6.07) is 12.9. The van der Waals surface area contributed by atoms with Gasteiger partial charge >= 0.3 is 0 Å². The van der Waals surface area contributed by atoms with Crippen molar-refractivity contribution >= 4 is 22.5 Å². The second-order valence-corrected chi connectivity index (χ2v) is 5.90. The van der Waals surface area contributed by atoms with Gasteiger partial charge in [0.15, 0.2) is 11.5 Å². The molecule has 7 heteroatoms. The van der Waals surface area contributed by atoms with Gasteiger partial charge in [0.1, 0.15) is 5.82 Å². The molecule has 0 saturated carbocycles. The smallest absolute Gasteiger partial charge is 0.276 e. The SMILES string of the molecule is Cc1cc(NC(=O)c2ccc(-n3ccnc3C)nn2)c2ccccc2n1. The molecule has 1 aromatic carbocycles. The number of imidazole rings is 1. The van der Waals surface area contributed by atoms with E-state index in [1.807, 2.05) is 44.2 Å². The van der Waals surface area contributed by atoms with Crippen LogP contribution in [0.3, 0.4) is 0 Å². The van der Waals surface area contributed by atoms with Crippen molar-refractivity contribution in [1.29, 1.82) is 0 Å². The van der Waals surface area contributed by atoms with Gasteiger partial charge in [-0.1, -0.05) is 18.2 Å². The number of nitrogens with zero attached hydrogens (tertiary/aromatic N) is 5. The van der Waals surface area contributed by atoms with Gasteiger partial charge in [-0.15, -0.1) is 10.2 Å². The van der Waals surface area contributed by atoms with Crippen LogP contribution in [0, 0.1) is 13.8 Å². The van der Waals surface area contributed by atoms with E-state index in [0.29, 0.717) is 11.5 Å². The molecule has 0 spiro atoms. The molecule has 0 atom stereocenters. The van der Waals surface area contributed by atoms with Crippen molar-refractivity contribution in [3.63, 3.8) is 0 Å². The monoisotopic (exact) mass is 344 g/mol. The number of para-hydroxylation sites is 1. The standard InChI is InChI=1S/C19H16N6O/c1-12-11-17(14-5-3-4-6-15(14)21-12)22-19(26)16-7-8-18(24-23-16)25-10-9-20-13(25)2/h3-11H,1-2H3,(H,21,22,26). The maximum Gasteiger partial charge on any atom is 0.276 e. The van der Waals surface area contributed by atoms with E-state index in [4.69, 9.17) is 0 Å². The molecule has 1 N–H and O–H groups in total. The van der Waals surface area contributed by atoms with Crippen molar-refractivity contribution in [1.82, 2.24) is 24.7 Å². The van der Waals surface area contributed by atoms with Crippen LogP contribution in [0.2, 0.25) is 0 Å². The van der Waals surface area contributed by atoms with Crippen molar-refractivity contribution in [2.45, 2.75) is 13.8 Å². The molecule has 4 rings (SSSR count). The summed E-state index contributed by atoms with van der Waals surface area (Å²) in [4.78, 5) is 21.2. The summed E-state index contributed by atoms with van der Waals surface area (Å²) >= 11 is 0. The molecule has 0 radical (unpaired) electrons. The first-order valence-electron chi connectivity index (χ1n) is 8.13. The number of nitrogens with one attached hydrogen (secondary N) is 1. The number of aryl methyl sites for hydroxylation is 2. The first-order chi connectivity index (χ1) is 12.6. The number of hydrogen-bond acceptors (Lipinski definition) is 5. The number of rotatable bonds is 3.